The standard InChI is InChI=1S/C26H22N4O3/c1-32-18-12-10-17(11-13-18)22-23-19(31)8-5-9-20(23)33-26-24(22)25-28-21(29-30(25)15-27-26)14-16-6-3-2-4-7-16/h2-4,6-7,10-13,15,22H,5,8-9,14H2,1H3/t22-/m1/s1. The lowest BCUT2D eigenvalue weighted by Crippen LogP contribution is -2.26. The molecular weight excluding hydrogens is 416 g/mol. The topological polar surface area (TPSA) is 78.6 Å². The Hall–Kier alpha value is -4.00. The van der Waals surface area contributed by atoms with E-state index in [0.29, 0.717) is 35.8 Å². The van der Waals surface area contributed by atoms with E-state index in [1.54, 1.807) is 18.0 Å². The van der Waals surface area contributed by atoms with Crippen LogP contribution in [0, 0.1) is 0 Å². The molecule has 0 saturated carbocycles. The lowest BCUT2D eigenvalue weighted by atomic mass is 9.78. The van der Waals surface area contributed by atoms with Crippen molar-refractivity contribution in [3.05, 3.63) is 94.8 Å². The number of carbonyl (C=O) groups excluding carboxylic acids is 1. The van der Waals surface area contributed by atoms with E-state index in [0.717, 1.165) is 41.0 Å². The number of ether oxygens (including phenoxy) is 2. The first kappa shape index (κ1) is 19.7. The summed E-state index contributed by atoms with van der Waals surface area (Å²) < 4.78 is 13.2. The summed E-state index contributed by atoms with van der Waals surface area (Å²) in [4.78, 5) is 22.5. The predicted octanol–water partition coefficient (Wildman–Crippen LogP) is 4.26. The largest absolute Gasteiger partial charge is 0.497 e. The highest BCUT2D eigenvalue weighted by Crippen LogP contribution is 2.47. The number of fused-ring (bicyclic) bond motifs is 3. The Kier molecular flexibility index (Phi) is 4.68. The molecule has 33 heavy (non-hydrogen) atoms. The molecule has 0 saturated heterocycles. The van der Waals surface area contributed by atoms with Crippen LogP contribution in [0.5, 0.6) is 11.6 Å². The third-order valence-corrected chi connectivity index (χ3v) is 6.29. The van der Waals surface area contributed by atoms with E-state index in [9.17, 15) is 4.79 Å². The summed E-state index contributed by atoms with van der Waals surface area (Å²) in [7, 11) is 1.64. The molecule has 0 spiro atoms. The maximum absolute atomic E-state index is 13.1. The third kappa shape index (κ3) is 3.36. The predicted molar refractivity (Wildman–Crippen MR) is 121 cm³/mol. The number of Topliss-reactive ketones (excluding diaryl/α,β-unsaturated/α-hetero) is 1. The van der Waals surface area contributed by atoms with Crippen molar-refractivity contribution in [3.63, 3.8) is 0 Å². The van der Waals surface area contributed by atoms with Crippen LogP contribution in [-0.4, -0.2) is 32.5 Å². The molecule has 0 bridgehead atoms. The van der Waals surface area contributed by atoms with Gasteiger partial charge in [-0.05, 0) is 29.7 Å². The monoisotopic (exact) mass is 438 g/mol. The molecule has 7 heteroatoms. The average molecular weight is 438 g/mol. The number of rotatable bonds is 4. The highest BCUT2D eigenvalue weighted by atomic mass is 16.5. The summed E-state index contributed by atoms with van der Waals surface area (Å²) in [6, 6.07) is 17.9. The molecule has 4 aromatic rings. The molecule has 2 aromatic carbocycles. The van der Waals surface area contributed by atoms with E-state index >= 15 is 0 Å². The molecule has 0 unspecified atom stereocenters. The molecule has 3 heterocycles. The van der Waals surface area contributed by atoms with Crippen LogP contribution >= 0.6 is 0 Å². The van der Waals surface area contributed by atoms with Crippen LogP contribution in [0.4, 0.5) is 0 Å². The fourth-order valence-corrected chi connectivity index (χ4v) is 4.74. The van der Waals surface area contributed by atoms with Gasteiger partial charge >= 0.3 is 0 Å². The van der Waals surface area contributed by atoms with Gasteiger partial charge < -0.3 is 9.47 Å². The maximum Gasteiger partial charge on any atom is 0.228 e. The second-order valence-corrected chi connectivity index (χ2v) is 8.34. The first-order chi connectivity index (χ1) is 16.2. The highest BCUT2D eigenvalue weighted by molar-refractivity contribution is 6.00. The summed E-state index contributed by atoms with van der Waals surface area (Å²) >= 11 is 0. The van der Waals surface area contributed by atoms with Crippen LogP contribution in [0.2, 0.25) is 0 Å². The third-order valence-electron chi connectivity index (χ3n) is 6.29. The first-order valence-electron chi connectivity index (χ1n) is 11.1. The van der Waals surface area contributed by atoms with E-state index in [1.165, 1.54) is 0 Å². The molecule has 0 amide bonds. The zero-order valence-corrected chi connectivity index (χ0v) is 18.2. The molecule has 1 aliphatic carbocycles. The Morgan fingerprint density at radius 2 is 1.91 bits per heavy atom. The first-order valence-corrected chi connectivity index (χ1v) is 11.1. The van der Waals surface area contributed by atoms with Crippen LogP contribution in [0.1, 0.15) is 47.7 Å². The van der Waals surface area contributed by atoms with Crippen LogP contribution in [0.15, 0.2) is 72.3 Å². The second-order valence-electron chi connectivity index (χ2n) is 8.34. The van der Waals surface area contributed by atoms with E-state index in [2.05, 4.69) is 22.2 Å². The maximum atomic E-state index is 13.1. The minimum absolute atomic E-state index is 0.119. The fraction of sp³-hybridized carbons (Fsp3) is 0.231. The quantitative estimate of drug-likeness (QED) is 0.474. The number of allylic oxidation sites excluding steroid dienone is 2. The van der Waals surface area contributed by atoms with Crippen molar-refractivity contribution in [2.24, 2.45) is 0 Å². The lowest BCUT2D eigenvalue weighted by Gasteiger charge is -2.32. The van der Waals surface area contributed by atoms with E-state index in [4.69, 9.17) is 14.5 Å². The average Bonchev–Trinajstić information content (AvgIpc) is 3.26. The number of hydrogen-bond acceptors (Lipinski definition) is 6. The molecule has 1 aliphatic heterocycles. The lowest BCUT2D eigenvalue weighted by molar-refractivity contribution is -0.116. The van der Waals surface area contributed by atoms with Gasteiger partial charge in [-0.3, -0.25) is 4.79 Å². The van der Waals surface area contributed by atoms with Gasteiger partial charge in [-0.2, -0.15) is 0 Å². The molecule has 2 aromatic heterocycles. The normalized spacial score (nSPS) is 17.5. The van der Waals surface area contributed by atoms with Gasteiger partial charge in [0.05, 0.1) is 12.7 Å². The summed E-state index contributed by atoms with van der Waals surface area (Å²) in [5, 5.41) is 4.66. The number of hydrogen-bond donors (Lipinski definition) is 0. The number of benzene rings is 2. The zero-order valence-electron chi connectivity index (χ0n) is 18.2. The van der Waals surface area contributed by atoms with Crippen molar-refractivity contribution in [2.75, 3.05) is 7.11 Å². The molecule has 164 valence electrons. The van der Waals surface area contributed by atoms with Crippen molar-refractivity contribution in [2.45, 2.75) is 31.6 Å². The summed E-state index contributed by atoms with van der Waals surface area (Å²) in [5.41, 5.74) is 4.26. The van der Waals surface area contributed by atoms with Gasteiger partial charge in [-0.25, -0.2) is 14.5 Å². The molecule has 6 rings (SSSR count). The Morgan fingerprint density at radius 3 is 2.70 bits per heavy atom. The van der Waals surface area contributed by atoms with Gasteiger partial charge in [0.2, 0.25) is 5.88 Å². The van der Waals surface area contributed by atoms with Crippen LogP contribution in [-0.2, 0) is 11.2 Å². The van der Waals surface area contributed by atoms with Crippen molar-refractivity contribution in [1.29, 1.82) is 0 Å². The summed E-state index contributed by atoms with van der Waals surface area (Å²) in [6.07, 6.45) is 4.28. The molecule has 1 atom stereocenters. The SMILES string of the molecule is COc1ccc([C@@H]2C3=C(CCCC3=O)Oc3ncn4nc(Cc5ccccc5)nc4c32)cc1. The number of aromatic nitrogens is 4. The van der Waals surface area contributed by atoms with Crippen LogP contribution in [0.3, 0.4) is 0 Å². The molecule has 7 nitrogen and oxygen atoms in total. The number of methoxy groups -OCH3 is 1. The van der Waals surface area contributed by atoms with Gasteiger partial charge in [0.15, 0.2) is 17.3 Å². The van der Waals surface area contributed by atoms with Gasteiger partial charge in [-0.1, -0.05) is 42.5 Å². The number of nitrogens with zero attached hydrogens (tertiary/aromatic N) is 4. The molecule has 0 radical (unpaired) electrons. The second kappa shape index (κ2) is 7.85. The molecule has 0 fully saturated rings. The van der Waals surface area contributed by atoms with Crippen molar-refractivity contribution in [1.82, 2.24) is 19.6 Å². The smallest absolute Gasteiger partial charge is 0.228 e. The number of carbonyl (C=O) groups is 1. The fourth-order valence-electron chi connectivity index (χ4n) is 4.74. The summed E-state index contributed by atoms with van der Waals surface area (Å²) in [5.74, 6) is 2.48. The minimum atomic E-state index is -0.313. The Labute approximate surface area is 190 Å². The zero-order chi connectivity index (χ0) is 22.4. The van der Waals surface area contributed by atoms with Crippen LogP contribution in [0.25, 0.3) is 5.65 Å². The Balaban J connectivity index is 1.53. The van der Waals surface area contributed by atoms with E-state index < -0.39 is 0 Å². The van der Waals surface area contributed by atoms with E-state index in [1.807, 2.05) is 42.5 Å². The highest BCUT2D eigenvalue weighted by Gasteiger charge is 2.39. The number of ketones is 1. The Morgan fingerprint density at radius 1 is 1.09 bits per heavy atom. The van der Waals surface area contributed by atoms with Gasteiger partial charge in [0, 0.05) is 30.8 Å². The molecule has 0 N–H and O–H groups in total. The molecule has 2 aliphatic rings. The van der Waals surface area contributed by atoms with Crippen LogP contribution < -0.4 is 9.47 Å². The minimum Gasteiger partial charge on any atom is -0.497 e. The van der Waals surface area contributed by atoms with Gasteiger partial charge in [-0.15, -0.1) is 5.10 Å². The van der Waals surface area contributed by atoms with Crippen molar-refractivity contribution >= 4 is 11.4 Å². The Bertz CT molecular complexity index is 1390. The molecular formula is C26H22N4O3. The van der Waals surface area contributed by atoms with Crippen molar-refractivity contribution < 1.29 is 14.3 Å². The summed E-state index contributed by atoms with van der Waals surface area (Å²) in [6.45, 7) is 0. The van der Waals surface area contributed by atoms with E-state index in [-0.39, 0.29) is 11.7 Å². The van der Waals surface area contributed by atoms with Crippen molar-refractivity contribution in [3.8, 4) is 11.6 Å². The van der Waals surface area contributed by atoms with Gasteiger partial charge in [0.1, 0.15) is 17.8 Å². The van der Waals surface area contributed by atoms with Gasteiger partial charge in [0.25, 0.3) is 0 Å².